The molecule has 4 nitrogen and oxygen atoms in total. The van der Waals surface area contributed by atoms with E-state index in [1.165, 1.54) is 15.6 Å². The molecule has 108 valence electrons. The SMILES string of the molecule is C=C(C)CN(C)S(=O)(=O)c1ccc(CNC(C)C)s1. The van der Waals surface area contributed by atoms with Crippen LogP contribution in [0.15, 0.2) is 28.5 Å². The molecule has 0 fully saturated rings. The van der Waals surface area contributed by atoms with Gasteiger partial charge in [0.05, 0.1) is 0 Å². The molecule has 1 aromatic rings. The van der Waals surface area contributed by atoms with Gasteiger partial charge in [-0.15, -0.1) is 11.3 Å². The lowest BCUT2D eigenvalue weighted by atomic mass is 10.4. The van der Waals surface area contributed by atoms with Gasteiger partial charge in [-0.1, -0.05) is 26.0 Å². The van der Waals surface area contributed by atoms with Gasteiger partial charge in [-0.3, -0.25) is 0 Å². The molecule has 0 radical (unpaired) electrons. The molecule has 1 heterocycles. The Kier molecular flexibility index (Phi) is 5.73. The highest BCUT2D eigenvalue weighted by molar-refractivity contribution is 7.91. The molecule has 0 unspecified atom stereocenters. The van der Waals surface area contributed by atoms with Crippen molar-refractivity contribution in [2.45, 2.75) is 37.6 Å². The molecule has 0 amide bonds. The molecule has 0 saturated carbocycles. The molecular weight excluding hydrogens is 280 g/mol. The lowest BCUT2D eigenvalue weighted by molar-refractivity contribution is 0.495. The molecule has 1 rings (SSSR count). The summed E-state index contributed by atoms with van der Waals surface area (Å²) in [6, 6.07) is 3.92. The number of hydrogen-bond acceptors (Lipinski definition) is 4. The highest BCUT2D eigenvalue weighted by atomic mass is 32.2. The van der Waals surface area contributed by atoms with E-state index in [9.17, 15) is 8.42 Å². The Morgan fingerprint density at radius 1 is 1.47 bits per heavy atom. The average molecular weight is 302 g/mol. The molecule has 0 spiro atoms. The third kappa shape index (κ3) is 4.72. The van der Waals surface area contributed by atoms with E-state index in [0.717, 1.165) is 10.5 Å². The molecule has 0 aliphatic carbocycles. The minimum absolute atomic E-state index is 0.347. The van der Waals surface area contributed by atoms with Crippen molar-refractivity contribution in [3.8, 4) is 0 Å². The van der Waals surface area contributed by atoms with Gasteiger partial charge in [0.15, 0.2) is 0 Å². The first kappa shape index (κ1) is 16.4. The minimum atomic E-state index is -3.39. The number of hydrogen-bond donors (Lipinski definition) is 1. The number of sulfonamides is 1. The van der Waals surface area contributed by atoms with Crippen LogP contribution in [0, 0.1) is 0 Å². The molecule has 1 aromatic heterocycles. The standard InChI is InChI=1S/C13H22N2O2S2/c1-10(2)9-15(5)19(16,17)13-7-6-12(18-13)8-14-11(3)4/h6-7,11,14H,1,8-9H2,2-5H3. The molecule has 0 saturated heterocycles. The van der Waals surface area contributed by atoms with Crippen molar-refractivity contribution in [2.75, 3.05) is 13.6 Å². The monoisotopic (exact) mass is 302 g/mol. The number of likely N-dealkylation sites (N-methyl/N-ethyl adjacent to an activating group) is 1. The molecule has 0 aromatic carbocycles. The Hall–Kier alpha value is -0.690. The Morgan fingerprint density at radius 3 is 2.63 bits per heavy atom. The summed E-state index contributed by atoms with van der Waals surface area (Å²) in [6.45, 7) is 10.7. The Bertz CT molecular complexity index is 533. The van der Waals surface area contributed by atoms with Gasteiger partial charge in [-0.2, -0.15) is 4.31 Å². The van der Waals surface area contributed by atoms with Crippen LogP contribution in [0.2, 0.25) is 0 Å². The van der Waals surface area contributed by atoms with Crippen LogP contribution < -0.4 is 5.32 Å². The second-order valence-electron chi connectivity index (χ2n) is 4.97. The third-order valence-corrected chi connectivity index (χ3v) is 5.83. The van der Waals surface area contributed by atoms with Crippen LogP contribution in [0.1, 0.15) is 25.6 Å². The van der Waals surface area contributed by atoms with Crippen LogP contribution in [0.25, 0.3) is 0 Å². The van der Waals surface area contributed by atoms with E-state index < -0.39 is 10.0 Å². The smallest absolute Gasteiger partial charge is 0.252 e. The summed E-state index contributed by atoms with van der Waals surface area (Å²) in [5, 5.41) is 3.28. The van der Waals surface area contributed by atoms with E-state index in [4.69, 9.17) is 0 Å². The number of nitrogens with zero attached hydrogens (tertiary/aromatic N) is 1. The molecular formula is C13H22N2O2S2. The van der Waals surface area contributed by atoms with Crippen molar-refractivity contribution < 1.29 is 8.42 Å². The highest BCUT2D eigenvalue weighted by Gasteiger charge is 2.22. The van der Waals surface area contributed by atoms with Crippen molar-refractivity contribution in [2.24, 2.45) is 0 Å². The van der Waals surface area contributed by atoms with Gasteiger partial charge >= 0.3 is 0 Å². The van der Waals surface area contributed by atoms with Crippen LogP contribution >= 0.6 is 11.3 Å². The first-order valence-electron chi connectivity index (χ1n) is 6.16. The molecule has 0 aliphatic heterocycles. The lowest BCUT2D eigenvalue weighted by Crippen LogP contribution is -2.27. The van der Waals surface area contributed by atoms with Crippen LogP contribution in [0.4, 0.5) is 0 Å². The first-order valence-corrected chi connectivity index (χ1v) is 8.42. The Morgan fingerprint density at radius 2 is 2.11 bits per heavy atom. The zero-order chi connectivity index (χ0) is 14.6. The highest BCUT2D eigenvalue weighted by Crippen LogP contribution is 2.24. The summed E-state index contributed by atoms with van der Waals surface area (Å²) >= 11 is 1.32. The largest absolute Gasteiger partial charge is 0.310 e. The molecule has 1 N–H and O–H groups in total. The fraction of sp³-hybridized carbons (Fsp3) is 0.538. The minimum Gasteiger partial charge on any atom is -0.310 e. The molecule has 0 atom stereocenters. The van der Waals surface area contributed by atoms with E-state index in [1.807, 2.05) is 13.0 Å². The Balaban J connectivity index is 2.82. The van der Waals surface area contributed by atoms with Crippen molar-refractivity contribution in [1.29, 1.82) is 0 Å². The second-order valence-corrected chi connectivity index (χ2v) is 8.41. The summed E-state index contributed by atoms with van der Waals surface area (Å²) in [4.78, 5) is 1.02. The maximum absolute atomic E-state index is 12.3. The normalized spacial score (nSPS) is 12.3. The van der Waals surface area contributed by atoms with Crippen LogP contribution in [0.5, 0.6) is 0 Å². The van der Waals surface area contributed by atoms with Gasteiger partial charge in [0.1, 0.15) is 4.21 Å². The maximum atomic E-state index is 12.3. The van der Waals surface area contributed by atoms with Crippen LogP contribution in [0.3, 0.4) is 0 Å². The number of thiophene rings is 1. The van der Waals surface area contributed by atoms with Gasteiger partial charge in [-0.25, -0.2) is 8.42 Å². The molecule has 0 aliphatic rings. The van der Waals surface area contributed by atoms with E-state index >= 15 is 0 Å². The van der Waals surface area contributed by atoms with Crippen LogP contribution in [-0.2, 0) is 16.6 Å². The van der Waals surface area contributed by atoms with Crippen molar-refractivity contribution >= 4 is 21.4 Å². The fourth-order valence-corrected chi connectivity index (χ4v) is 4.26. The van der Waals surface area contributed by atoms with Crippen LogP contribution in [-0.4, -0.2) is 32.4 Å². The summed E-state index contributed by atoms with van der Waals surface area (Å²) < 4.78 is 26.3. The second kappa shape index (κ2) is 6.65. The Labute approximate surface area is 120 Å². The molecule has 0 bridgehead atoms. The van der Waals surface area contributed by atoms with E-state index in [0.29, 0.717) is 23.3 Å². The van der Waals surface area contributed by atoms with Gasteiger partial charge in [0.2, 0.25) is 0 Å². The predicted octanol–water partition coefficient (Wildman–Crippen LogP) is 2.44. The summed E-state index contributed by atoms with van der Waals surface area (Å²) in [6.07, 6.45) is 0. The fourth-order valence-electron chi connectivity index (χ4n) is 1.52. The number of nitrogens with one attached hydrogen (secondary N) is 1. The summed E-state index contributed by atoms with van der Waals surface area (Å²) in [5.74, 6) is 0. The van der Waals surface area contributed by atoms with Gasteiger partial charge < -0.3 is 5.32 Å². The lowest BCUT2D eigenvalue weighted by Gasteiger charge is -2.15. The summed E-state index contributed by atoms with van der Waals surface area (Å²) in [5.41, 5.74) is 0.823. The maximum Gasteiger partial charge on any atom is 0.252 e. The van der Waals surface area contributed by atoms with Gasteiger partial charge in [-0.05, 0) is 19.1 Å². The third-order valence-electron chi connectivity index (χ3n) is 2.48. The topological polar surface area (TPSA) is 49.4 Å². The van der Waals surface area contributed by atoms with Crippen molar-refractivity contribution in [3.05, 3.63) is 29.2 Å². The average Bonchev–Trinajstić information content (AvgIpc) is 2.74. The van der Waals surface area contributed by atoms with Gasteiger partial charge in [0, 0.05) is 31.1 Å². The number of rotatable bonds is 7. The van der Waals surface area contributed by atoms with Crippen molar-refractivity contribution in [1.82, 2.24) is 9.62 Å². The zero-order valence-electron chi connectivity index (χ0n) is 11.9. The summed E-state index contributed by atoms with van der Waals surface area (Å²) in [7, 11) is -1.81. The van der Waals surface area contributed by atoms with E-state index in [1.54, 1.807) is 13.1 Å². The predicted molar refractivity (Wildman–Crippen MR) is 80.9 cm³/mol. The first-order chi connectivity index (χ1) is 8.73. The van der Waals surface area contributed by atoms with E-state index in [2.05, 4.69) is 25.7 Å². The molecule has 19 heavy (non-hydrogen) atoms. The van der Waals surface area contributed by atoms with Crippen molar-refractivity contribution in [3.63, 3.8) is 0 Å². The van der Waals surface area contributed by atoms with Gasteiger partial charge in [0.25, 0.3) is 10.0 Å². The quantitative estimate of drug-likeness (QED) is 0.787. The molecule has 6 heteroatoms. The van der Waals surface area contributed by atoms with E-state index in [-0.39, 0.29) is 0 Å². The zero-order valence-corrected chi connectivity index (χ0v) is 13.6.